The van der Waals surface area contributed by atoms with Crippen LogP contribution in [0.5, 0.6) is 5.75 Å². The molecule has 0 bridgehead atoms. The lowest BCUT2D eigenvalue weighted by Crippen LogP contribution is -2.16. The van der Waals surface area contributed by atoms with Crippen LogP contribution in [0.4, 0.5) is 17.3 Å². The SMILES string of the molecule is COc1ccc(Cl)c(Nc2nc3ccccc3nc2NS(=O)(=O)/C(C)=C/C=C(C)C)c1. The zero-order chi connectivity index (χ0) is 22.6. The molecule has 2 aromatic carbocycles. The molecule has 0 saturated carbocycles. The van der Waals surface area contributed by atoms with E-state index in [9.17, 15) is 8.42 Å². The molecule has 162 valence electrons. The fourth-order valence-corrected chi connectivity index (χ4v) is 3.56. The summed E-state index contributed by atoms with van der Waals surface area (Å²) in [6.45, 7) is 5.29. The number of hydrogen-bond donors (Lipinski definition) is 2. The number of benzene rings is 2. The lowest BCUT2D eigenvalue weighted by atomic mass is 10.3. The second-order valence-electron chi connectivity index (χ2n) is 7.01. The molecular formula is C22H23ClN4O3S. The zero-order valence-electron chi connectivity index (χ0n) is 17.6. The molecule has 0 aliphatic heterocycles. The Balaban J connectivity index is 2.08. The first kappa shape index (κ1) is 22.6. The van der Waals surface area contributed by atoms with Gasteiger partial charge >= 0.3 is 0 Å². The molecule has 7 nitrogen and oxygen atoms in total. The largest absolute Gasteiger partial charge is 0.497 e. The van der Waals surface area contributed by atoms with Crippen molar-refractivity contribution in [1.29, 1.82) is 0 Å². The number of nitrogens with one attached hydrogen (secondary N) is 2. The van der Waals surface area contributed by atoms with Gasteiger partial charge in [-0.25, -0.2) is 18.4 Å². The zero-order valence-corrected chi connectivity index (χ0v) is 19.2. The lowest BCUT2D eigenvalue weighted by Gasteiger charge is -2.15. The third-order valence-corrected chi connectivity index (χ3v) is 6.08. The summed E-state index contributed by atoms with van der Waals surface area (Å²) in [5, 5.41) is 3.50. The third-order valence-electron chi connectivity index (χ3n) is 4.30. The van der Waals surface area contributed by atoms with E-state index in [-0.39, 0.29) is 16.5 Å². The Morgan fingerprint density at radius 2 is 1.65 bits per heavy atom. The number of anilines is 3. The highest BCUT2D eigenvalue weighted by atomic mass is 35.5. The van der Waals surface area contributed by atoms with E-state index in [1.54, 1.807) is 49.6 Å². The molecule has 0 aliphatic carbocycles. The average molecular weight is 459 g/mol. The van der Waals surface area contributed by atoms with E-state index in [4.69, 9.17) is 16.3 Å². The smallest absolute Gasteiger partial charge is 0.259 e. The number of hydrogen-bond acceptors (Lipinski definition) is 6. The molecule has 9 heteroatoms. The third kappa shape index (κ3) is 5.53. The standard InChI is InChI=1S/C22H23ClN4O3S/c1-14(2)9-10-15(3)31(28,29)27-22-21(24-18-7-5-6-8-19(18)25-22)26-20-13-16(30-4)11-12-17(20)23/h5-13H,1-4H3,(H,24,26)(H,25,27)/b15-10+. The van der Waals surface area contributed by atoms with E-state index in [1.165, 1.54) is 13.0 Å². The van der Waals surface area contributed by atoms with Crippen LogP contribution in [0, 0.1) is 0 Å². The molecule has 0 amide bonds. The van der Waals surface area contributed by atoms with Gasteiger partial charge in [-0.1, -0.05) is 35.4 Å². The summed E-state index contributed by atoms with van der Waals surface area (Å²) in [7, 11) is -2.30. The minimum Gasteiger partial charge on any atom is -0.497 e. The Labute approximate surface area is 186 Å². The molecule has 0 radical (unpaired) electrons. The van der Waals surface area contributed by atoms with Crippen molar-refractivity contribution in [1.82, 2.24) is 9.97 Å². The van der Waals surface area contributed by atoms with E-state index < -0.39 is 10.0 Å². The molecule has 0 aliphatic rings. The predicted molar refractivity (Wildman–Crippen MR) is 127 cm³/mol. The summed E-state index contributed by atoms with van der Waals surface area (Å²) in [4.78, 5) is 9.17. The fourth-order valence-electron chi connectivity index (χ4n) is 2.59. The van der Waals surface area contributed by atoms with Crippen LogP contribution in [0.15, 0.2) is 65.1 Å². The summed E-state index contributed by atoms with van der Waals surface area (Å²) in [6.07, 6.45) is 3.27. The Bertz CT molecular complexity index is 1280. The number of fused-ring (bicyclic) bond motifs is 1. The van der Waals surface area contributed by atoms with E-state index in [2.05, 4.69) is 20.0 Å². The number of sulfonamides is 1. The highest BCUT2D eigenvalue weighted by Crippen LogP contribution is 2.32. The first-order valence-electron chi connectivity index (χ1n) is 9.41. The number of aromatic nitrogens is 2. The van der Waals surface area contributed by atoms with Crippen molar-refractivity contribution >= 4 is 50.0 Å². The second kappa shape index (κ2) is 9.36. The molecule has 0 atom stereocenters. The Morgan fingerprint density at radius 3 is 2.26 bits per heavy atom. The van der Waals surface area contributed by atoms with Crippen LogP contribution in [0.1, 0.15) is 20.8 Å². The van der Waals surface area contributed by atoms with Crippen LogP contribution in [-0.4, -0.2) is 25.5 Å². The Morgan fingerprint density at radius 1 is 1.00 bits per heavy atom. The highest BCUT2D eigenvalue weighted by Gasteiger charge is 2.19. The van der Waals surface area contributed by atoms with Gasteiger partial charge in [0.05, 0.1) is 33.8 Å². The van der Waals surface area contributed by atoms with Gasteiger partial charge in [0.2, 0.25) is 0 Å². The van der Waals surface area contributed by atoms with Crippen LogP contribution >= 0.6 is 11.6 Å². The second-order valence-corrected chi connectivity index (χ2v) is 9.27. The number of ether oxygens (including phenoxy) is 1. The monoisotopic (exact) mass is 458 g/mol. The van der Waals surface area contributed by atoms with Gasteiger partial charge < -0.3 is 10.1 Å². The number of allylic oxidation sites excluding steroid dienone is 4. The van der Waals surface area contributed by atoms with Gasteiger partial charge in [0.25, 0.3) is 10.0 Å². The molecule has 0 fully saturated rings. The minimum absolute atomic E-state index is 0.0579. The predicted octanol–water partition coefficient (Wildman–Crippen LogP) is 5.65. The number of halogens is 1. The molecule has 31 heavy (non-hydrogen) atoms. The fraction of sp³-hybridized carbons (Fsp3) is 0.182. The topological polar surface area (TPSA) is 93.2 Å². The molecule has 0 spiro atoms. The number of rotatable bonds is 7. The van der Waals surface area contributed by atoms with Crippen molar-refractivity contribution in [2.24, 2.45) is 0 Å². The molecular weight excluding hydrogens is 436 g/mol. The van der Waals surface area contributed by atoms with Gasteiger partial charge in [-0.15, -0.1) is 0 Å². The van der Waals surface area contributed by atoms with E-state index >= 15 is 0 Å². The van der Waals surface area contributed by atoms with Crippen LogP contribution in [0.3, 0.4) is 0 Å². The van der Waals surface area contributed by atoms with Gasteiger partial charge in [0.15, 0.2) is 11.6 Å². The lowest BCUT2D eigenvalue weighted by molar-refractivity contribution is 0.415. The van der Waals surface area contributed by atoms with E-state index in [0.29, 0.717) is 27.5 Å². The molecule has 0 unspecified atom stereocenters. The van der Waals surface area contributed by atoms with Gasteiger partial charge in [0, 0.05) is 6.07 Å². The van der Waals surface area contributed by atoms with Crippen molar-refractivity contribution < 1.29 is 13.2 Å². The molecule has 3 rings (SSSR count). The van der Waals surface area contributed by atoms with Crippen LogP contribution < -0.4 is 14.8 Å². The maximum Gasteiger partial charge on any atom is 0.259 e. The van der Waals surface area contributed by atoms with Gasteiger partial charge in [-0.2, -0.15) is 0 Å². The first-order chi connectivity index (χ1) is 14.7. The maximum atomic E-state index is 12.9. The van der Waals surface area contributed by atoms with Crippen molar-refractivity contribution in [2.45, 2.75) is 20.8 Å². The summed E-state index contributed by atoms with van der Waals surface area (Å²) in [6, 6.07) is 12.3. The molecule has 1 heterocycles. The van der Waals surface area contributed by atoms with Crippen LogP contribution in [0.25, 0.3) is 11.0 Å². The molecule has 3 aromatic rings. The number of methoxy groups -OCH3 is 1. The number of nitrogens with zero attached hydrogens (tertiary/aromatic N) is 2. The van der Waals surface area contributed by atoms with Gasteiger partial charge in [0.1, 0.15) is 5.75 Å². The highest BCUT2D eigenvalue weighted by molar-refractivity contribution is 7.96. The van der Waals surface area contributed by atoms with Crippen LogP contribution in [-0.2, 0) is 10.0 Å². The van der Waals surface area contributed by atoms with E-state index in [0.717, 1.165) is 5.57 Å². The average Bonchev–Trinajstić information content (AvgIpc) is 2.73. The number of para-hydroxylation sites is 2. The Kier molecular flexibility index (Phi) is 6.82. The van der Waals surface area contributed by atoms with E-state index in [1.807, 2.05) is 19.9 Å². The molecule has 1 aromatic heterocycles. The summed E-state index contributed by atoms with van der Waals surface area (Å²) in [5.74, 6) is 0.859. The molecule has 2 N–H and O–H groups in total. The quantitative estimate of drug-likeness (QED) is 0.444. The van der Waals surface area contributed by atoms with Crippen molar-refractivity contribution in [3.8, 4) is 5.75 Å². The first-order valence-corrected chi connectivity index (χ1v) is 11.3. The van der Waals surface area contributed by atoms with Crippen molar-refractivity contribution in [3.63, 3.8) is 0 Å². The normalized spacial score (nSPS) is 11.8. The van der Waals surface area contributed by atoms with Gasteiger partial charge in [-0.05, 0) is 51.1 Å². The van der Waals surface area contributed by atoms with Crippen LogP contribution in [0.2, 0.25) is 5.02 Å². The molecule has 0 saturated heterocycles. The Hall–Kier alpha value is -3.10. The minimum atomic E-state index is -3.85. The van der Waals surface area contributed by atoms with Gasteiger partial charge in [-0.3, -0.25) is 4.72 Å². The summed E-state index contributed by atoms with van der Waals surface area (Å²) < 4.78 is 33.5. The van der Waals surface area contributed by atoms with Crippen molar-refractivity contribution in [2.75, 3.05) is 17.1 Å². The van der Waals surface area contributed by atoms with Crippen molar-refractivity contribution in [3.05, 3.63) is 70.1 Å². The summed E-state index contributed by atoms with van der Waals surface area (Å²) >= 11 is 6.31. The summed E-state index contributed by atoms with van der Waals surface area (Å²) in [5.41, 5.74) is 2.63. The maximum absolute atomic E-state index is 12.9.